The lowest BCUT2D eigenvalue weighted by atomic mass is 10.3. The Morgan fingerprint density at radius 1 is 1.35 bits per heavy atom. The molecule has 8 heteroatoms. The molecule has 1 heterocycles. The predicted octanol–water partition coefficient (Wildman–Crippen LogP) is 2.67. The molecule has 0 fully saturated rings. The minimum Gasteiger partial charge on any atom is -0.436 e. The number of hydrogen-bond donors (Lipinski definition) is 1. The molecule has 20 heavy (non-hydrogen) atoms. The summed E-state index contributed by atoms with van der Waals surface area (Å²) in [5, 5.41) is 13.3. The van der Waals surface area contributed by atoms with Gasteiger partial charge < -0.3 is 10.1 Å². The van der Waals surface area contributed by atoms with E-state index in [0.717, 1.165) is 12.1 Å². The van der Waals surface area contributed by atoms with Gasteiger partial charge in [-0.1, -0.05) is 0 Å². The Hall–Kier alpha value is -2.77. The number of hydrogen-bond acceptors (Lipinski definition) is 6. The third-order valence-corrected chi connectivity index (χ3v) is 2.40. The zero-order chi connectivity index (χ0) is 14.7. The fourth-order valence-corrected chi connectivity index (χ4v) is 1.50. The molecule has 1 aromatic heterocycles. The molecule has 2 rings (SSSR count). The lowest BCUT2D eigenvalue weighted by Crippen LogP contribution is -2.00. The Morgan fingerprint density at radius 2 is 2.10 bits per heavy atom. The summed E-state index contributed by atoms with van der Waals surface area (Å²) in [4.78, 5) is 17.9. The molecule has 0 unspecified atom stereocenters. The van der Waals surface area contributed by atoms with Crippen LogP contribution < -0.4 is 10.1 Å². The lowest BCUT2D eigenvalue weighted by Gasteiger charge is -2.07. The molecule has 0 aliphatic carbocycles. The molecule has 1 aromatic carbocycles. The maximum Gasteiger partial charge on any atom is 0.272 e. The van der Waals surface area contributed by atoms with Gasteiger partial charge in [-0.2, -0.15) is 4.98 Å². The van der Waals surface area contributed by atoms with E-state index in [0.29, 0.717) is 11.6 Å². The van der Waals surface area contributed by atoms with E-state index in [2.05, 4.69) is 15.3 Å². The van der Waals surface area contributed by atoms with Crippen LogP contribution in [0.3, 0.4) is 0 Å². The Balaban J connectivity index is 2.30. The van der Waals surface area contributed by atoms with Gasteiger partial charge in [0.2, 0.25) is 11.8 Å². The van der Waals surface area contributed by atoms with Crippen LogP contribution in [0.15, 0.2) is 24.3 Å². The second-order valence-corrected chi connectivity index (χ2v) is 3.90. The number of aryl methyl sites for hydroxylation is 1. The van der Waals surface area contributed by atoms with Gasteiger partial charge in [0.05, 0.1) is 11.0 Å². The molecule has 1 N–H and O–H groups in total. The number of benzene rings is 1. The summed E-state index contributed by atoms with van der Waals surface area (Å²) in [5.74, 6) is -0.492. The minimum atomic E-state index is -0.832. The van der Waals surface area contributed by atoms with Crippen molar-refractivity contribution in [1.82, 2.24) is 9.97 Å². The van der Waals surface area contributed by atoms with Crippen molar-refractivity contribution in [2.45, 2.75) is 6.92 Å². The zero-order valence-electron chi connectivity index (χ0n) is 10.8. The number of halogens is 1. The maximum absolute atomic E-state index is 13.7. The van der Waals surface area contributed by atoms with E-state index in [1.807, 2.05) is 0 Å². The van der Waals surface area contributed by atoms with E-state index in [1.54, 1.807) is 14.0 Å². The van der Waals surface area contributed by atoms with E-state index in [-0.39, 0.29) is 17.3 Å². The van der Waals surface area contributed by atoms with Crippen LogP contribution in [0.2, 0.25) is 0 Å². The molecule has 0 atom stereocenters. The highest BCUT2D eigenvalue weighted by Gasteiger charge is 2.13. The van der Waals surface area contributed by atoms with Crippen molar-refractivity contribution >= 4 is 11.6 Å². The summed E-state index contributed by atoms with van der Waals surface area (Å²) in [6, 6.07) is 4.67. The third kappa shape index (κ3) is 2.97. The average Bonchev–Trinajstić information content (AvgIpc) is 2.40. The molecule has 0 amide bonds. The Bertz CT molecular complexity index is 663. The topological polar surface area (TPSA) is 90.2 Å². The van der Waals surface area contributed by atoms with Gasteiger partial charge in [0.25, 0.3) is 5.69 Å². The fourth-order valence-electron chi connectivity index (χ4n) is 1.50. The standard InChI is InChI=1S/C12H11FN4O3/c1-7-5-11(16-12(14-2)15-7)20-10-4-3-8(17(18)19)6-9(10)13/h3-6H,1-2H3,(H,14,15,16). The van der Waals surface area contributed by atoms with Crippen molar-refractivity contribution in [2.24, 2.45) is 0 Å². The van der Waals surface area contributed by atoms with Gasteiger partial charge in [0.1, 0.15) is 0 Å². The van der Waals surface area contributed by atoms with Crippen molar-refractivity contribution in [2.75, 3.05) is 12.4 Å². The predicted molar refractivity (Wildman–Crippen MR) is 69.4 cm³/mol. The molecule has 0 saturated carbocycles. The Kier molecular flexibility index (Phi) is 3.74. The number of aromatic nitrogens is 2. The molecule has 104 valence electrons. The number of non-ortho nitro benzene ring substituents is 1. The number of nitrogens with zero attached hydrogens (tertiary/aromatic N) is 3. The fraction of sp³-hybridized carbons (Fsp3) is 0.167. The maximum atomic E-state index is 13.7. The highest BCUT2D eigenvalue weighted by molar-refractivity contribution is 5.40. The summed E-state index contributed by atoms with van der Waals surface area (Å²) in [5.41, 5.74) is 0.298. The summed E-state index contributed by atoms with van der Waals surface area (Å²) >= 11 is 0. The van der Waals surface area contributed by atoms with Crippen molar-refractivity contribution in [3.8, 4) is 11.6 Å². The van der Waals surface area contributed by atoms with Crippen LogP contribution in [0.25, 0.3) is 0 Å². The molecule has 0 spiro atoms. The van der Waals surface area contributed by atoms with Crippen LogP contribution >= 0.6 is 0 Å². The number of rotatable bonds is 4. The van der Waals surface area contributed by atoms with Gasteiger partial charge in [-0.25, -0.2) is 9.37 Å². The smallest absolute Gasteiger partial charge is 0.272 e. The van der Waals surface area contributed by atoms with E-state index >= 15 is 0 Å². The van der Waals surface area contributed by atoms with Gasteiger partial charge in [-0.3, -0.25) is 10.1 Å². The van der Waals surface area contributed by atoms with Gasteiger partial charge in [-0.15, -0.1) is 0 Å². The quantitative estimate of drug-likeness (QED) is 0.683. The molecule has 0 bridgehead atoms. The molecule has 0 aliphatic rings. The van der Waals surface area contributed by atoms with E-state index in [1.165, 1.54) is 12.1 Å². The second kappa shape index (κ2) is 5.47. The summed E-state index contributed by atoms with van der Waals surface area (Å²) in [6.45, 7) is 1.74. The van der Waals surface area contributed by atoms with E-state index in [4.69, 9.17) is 4.74 Å². The number of nitrogens with one attached hydrogen (secondary N) is 1. The van der Waals surface area contributed by atoms with Crippen molar-refractivity contribution in [1.29, 1.82) is 0 Å². The first-order chi connectivity index (χ1) is 9.49. The summed E-state index contributed by atoms with van der Waals surface area (Å²) in [6.07, 6.45) is 0. The third-order valence-electron chi connectivity index (χ3n) is 2.40. The van der Waals surface area contributed by atoms with Crippen LogP contribution in [0.1, 0.15) is 5.69 Å². The zero-order valence-corrected chi connectivity index (χ0v) is 10.8. The highest BCUT2D eigenvalue weighted by atomic mass is 19.1. The SMILES string of the molecule is CNc1nc(C)cc(Oc2ccc([N+](=O)[O-])cc2F)n1. The van der Waals surface area contributed by atoms with Crippen molar-refractivity contribution < 1.29 is 14.1 Å². The molecular weight excluding hydrogens is 267 g/mol. The minimum absolute atomic E-state index is 0.143. The highest BCUT2D eigenvalue weighted by Crippen LogP contribution is 2.27. The first-order valence-corrected chi connectivity index (χ1v) is 5.65. The van der Waals surface area contributed by atoms with Crippen molar-refractivity contribution in [3.05, 3.63) is 45.9 Å². The second-order valence-electron chi connectivity index (χ2n) is 3.90. The van der Waals surface area contributed by atoms with Crippen molar-refractivity contribution in [3.63, 3.8) is 0 Å². The van der Waals surface area contributed by atoms with Gasteiger partial charge in [0.15, 0.2) is 11.6 Å². The number of anilines is 1. The number of ether oxygens (including phenoxy) is 1. The average molecular weight is 278 g/mol. The summed E-state index contributed by atoms with van der Waals surface area (Å²) < 4.78 is 19.0. The largest absolute Gasteiger partial charge is 0.436 e. The number of nitro benzene ring substituents is 1. The van der Waals surface area contributed by atoms with Gasteiger partial charge in [-0.05, 0) is 13.0 Å². The number of nitro groups is 1. The molecule has 0 radical (unpaired) electrons. The Labute approximate surface area is 113 Å². The van der Waals surface area contributed by atoms with Crippen LogP contribution in [0.4, 0.5) is 16.0 Å². The molecule has 0 saturated heterocycles. The van der Waals surface area contributed by atoms with E-state index in [9.17, 15) is 14.5 Å². The normalized spacial score (nSPS) is 10.2. The first-order valence-electron chi connectivity index (χ1n) is 5.65. The lowest BCUT2D eigenvalue weighted by molar-refractivity contribution is -0.385. The summed E-state index contributed by atoms with van der Waals surface area (Å²) in [7, 11) is 1.64. The Morgan fingerprint density at radius 3 is 2.70 bits per heavy atom. The van der Waals surface area contributed by atoms with Gasteiger partial charge >= 0.3 is 0 Å². The molecule has 2 aromatic rings. The van der Waals surface area contributed by atoms with Gasteiger partial charge in [0, 0.05) is 24.9 Å². The first kappa shape index (κ1) is 13.7. The van der Waals surface area contributed by atoms with Crippen LogP contribution in [-0.4, -0.2) is 21.9 Å². The van der Waals surface area contributed by atoms with Crippen LogP contribution in [0, 0.1) is 22.9 Å². The van der Waals surface area contributed by atoms with E-state index < -0.39 is 10.7 Å². The van der Waals surface area contributed by atoms with Crippen LogP contribution in [0.5, 0.6) is 11.6 Å². The van der Waals surface area contributed by atoms with Crippen LogP contribution in [-0.2, 0) is 0 Å². The molecule has 7 nitrogen and oxygen atoms in total. The monoisotopic (exact) mass is 278 g/mol. The molecule has 0 aliphatic heterocycles. The molecular formula is C12H11FN4O3.